The number of anilines is 2. The number of rotatable bonds is 12. The minimum atomic E-state index is -0.932. The van der Waals surface area contributed by atoms with E-state index in [2.05, 4.69) is 41.7 Å². The molecular formula is C15H22N8O3S2. The molecule has 0 aliphatic heterocycles. The van der Waals surface area contributed by atoms with Gasteiger partial charge in [0.1, 0.15) is 16.1 Å². The third kappa shape index (κ3) is 6.81. The second kappa shape index (κ2) is 11.2. The zero-order chi connectivity index (χ0) is 20.4. The average Bonchev–Trinajstić information content (AvgIpc) is 3.33. The summed E-state index contributed by atoms with van der Waals surface area (Å²) in [6.07, 6.45) is 3.66. The van der Waals surface area contributed by atoms with Crippen molar-refractivity contribution in [3.63, 3.8) is 0 Å². The van der Waals surface area contributed by atoms with Crippen molar-refractivity contribution in [3.05, 3.63) is 10.0 Å². The summed E-state index contributed by atoms with van der Waals surface area (Å²) >= 11 is 2.83. The van der Waals surface area contributed by atoms with E-state index in [0.29, 0.717) is 11.5 Å². The second-order valence-electron chi connectivity index (χ2n) is 5.66. The lowest BCUT2D eigenvalue weighted by Crippen LogP contribution is -2.44. The van der Waals surface area contributed by atoms with Gasteiger partial charge in [-0.3, -0.25) is 14.4 Å². The van der Waals surface area contributed by atoms with Crippen LogP contribution in [0.5, 0.6) is 0 Å². The maximum absolute atomic E-state index is 12.0. The Balaban J connectivity index is 1.74. The molecule has 1 atom stereocenters. The number of nitrogens with one attached hydrogen (secondary N) is 4. The molecule has 0 bridgehead atoms. The molecule has 13 heteroatoms. The molecule has 1 unspecified atom stereocenters. The number of likely N-dealkylation sites (N-methyl/N-ethyl adjacent to an activating group) is 1. The van der Waals surface area contributed by atoms with E-state index in [-0.39, 0.29) is 6.42 Å². The van der Waals surface area contributed by atoms with Crippen molar-refractivity contribution in [3.8, 4) is 0 Å². The molecule has 0 aromatic carbocycles. The Kier molecular flexibility index (Phi) is 8.68. The van der Waals surface area contributed by atoms with Crippen LogP contribution >= 0.6 is 22.7 Å². The van der Waals surface area contributed by atoms with Gasteiger partial charge in [-0.2, -0.15) is 0 Å². The first-order chi connectivity index (χ1) is 13.5. The van der Waals surface area contributed by atoms with Gasteiger partial charge in [0, 0.05) is 26.9 Å². The molecule has 0 radical (unpaired) electrons. The van der Waals surface area contributed by atoms with E-state index in [0.717, 1.165) is 40.8 Å². The molecule has 4 N–H and O–H groups in total. The summed E-state index contributed by atoms with van der Waals surface area (Å²) in [6, 6.07) is -0.932. The zero-order valence-electron chi connectivity index (χ0n) is 15.5. The zero-order valence-corrected chi connectivity index (χ0v) is 17.2. The molecular weight excluding hydrogens is 404 g/mol. The highest BCUT2D eigenvalue weighted by Gasteiger charge is 2.20. The van der Waals surface area contributed by atoms with Crippen molar-refractivity contribution in [2.24, 2.45) is 0 Å². The quantitative estimate of drug-likeness (QED) is 0.277. The summed E-state index contributed by atoms with van der Waals surface area (Å²) < 4.78 is 0. The van der Waals surface area contributed by atoms with E-state index in [1.807, 2.05) is 7.05 Å². The molecule has 0 spiro atoms. The predicted octanol–water partition coefficient (Wildman–Crippen LogP) is 0.186. The molecule has 2 rings (SSSR count). The third-order valence-corrected chi connectivity index (χ3v) is 5.55. The Hall–Kier alpha value is -2.67. The summed E-state index contributed by atoms with van der Waals surface area (Å²) in [6.45, 7) is 0. The van der Waals surface area contributed by atoms with Crippen molar-refractivity contribution in [1.29, 1.82) is 0 Å². The lowest BCUT2D eigenvalue weighted by molar-refractivity contribution is -0.127. The Morgan fingerprint density at radius 1 is 1.00 bits per heavy atom. The molecule has 2 aromatic rings. The Labute approximate surface area is 169 Å². The Morgan fingerprint density at radius 3 is 2.14 bits per heavy atom. The second-order valence-corrected chi connectivity index (χ2v) is 7.79. The van der Waals surface area contributed by atoms with Gasteiger partial charge in [0.15, 0.2) is 0 Å². The molecule has 0 saturated heterocycles. The van der Waals surface area contributed by atoms with Crippen LogP contribution < -0.4 is 21.3 Å². The Bertz CT molecular complexity index is 794. The number of aromatic nitrogens is 4. The van der Waals surface area contributed by atoms with Gasteiger partial charge in [0.2, 0.25) is 28.5 Å². The van der Waals surface area contributed by atoms with Gasteiger partial charge in [0.25, 0.3) is 0 Å². The fourth-order valence-corrected chi connectivity index (χ4v) is 3.79. The first-order valence-electron chi connectivity index (χ1n) is 8.59. The molecule has 2 heterocycles. The molecule has 0 fully saturated rings. The molecule has 152 valence electrons. The lowest BCUT2D eigenvalue weighted by Gasteiger charge is -2.13. The molecule has 11 nitrogen and oxygen atoms in total. The van der Waals surface area contributed by atoms with Gasteiger partial charge < -0.3 is 21.3 Å². The van der Waals surface area contributed by atoms with Gasteiger partial charge in [-0.1, -0.05) is 22.7 Å². The minimum absolute atomic E-state index is 0.191. The number of carbonyl (C=O) groups excluding carboxylic acids is 3. The maximum atomic E-state index is 12.0. The van der Waals surface area contributed by atoms with Crippen LogP contribution in [0.3, 0.4) is 0 Å². The number of nitrogens with zero attached hydrogens (tertiary/aromatic N) is 4. The smallest absolute Gasteiger partial charge is 0.242 e. The van der Waals surface area contributed by atoms with Crippen molar-refractivity contribution < 1.29 is 14.4 Å². The van der Waals surface area contributed by atoms with Crippen LogP contribution in [0.25, 0.3) is 0 Å². The lowest BCUT2D eigenvalue weighted by atomic mass is 10.2. The monoisotopic (exact) mass is 426 g/mol. The molecule has 0 aliphatic rings. The Morgan fingerprint density at radius 2 is 1.61 bits per heavy atom. The van der Waals surface area contributed by atoms with Crippen LogP contribution in [0, 0.1) is 0 Å². The van der Waals surface area contributed by atoms with Crippen LogP contribution in [0.1, 0.15) is 29.3 Å². The molecule has 2 aromatic heterocycles. The van der Waals surface area contributed by atoms with Crippen molar-refractivity contribution in [2.75, 3.05) is 24.7 Å². The van der Waals surface area contributed by atoms with Crippen molar-refractivity contribution >= 4 is 51.2 Å². The van der Waals surface area contributed by atoms with E-state index < -0.39 is 17.9 Å². The summed E-state index contributed by atoms with van der Waals surface area (Å²) in [4.78, 5) is 34.2. The fourth-order valence-electron chi connectivity index (χ4n) is 2.25. The van der Waals surface area contributed by atoms with Crippen molar-refractivity contribution in [2.45, 2.75) is 38.1 Å². The molecule has 3 amide bonds. The van der Waals surface area contributed by atoms with Crippen LogP contribution in [0.2, 0.25) is 0 Å². The first-order valence-corrected chi connectivity index (χ1v) is 10.2. The number of unbranched alkanes of at least 4 members (excludes halogenated alkanes) is 1. The normalized spacial score (nSPS) is 11.5. The van der Waals surface area contributed by atoms with Gasteiger partial charge in [0.05, 0.1) is 6.42 Å². The SMILES string of the molecule is CNC(=O)C(CC(=O)Nc1nnc(CCCCc2nnc(NC)s2)s1)NC=O. The van der Waals surface area contributed by atoms with E-state index in [9.17, 15) is 14.4 Å². The van der Waals surface area contributed by atoms with Gasteiger partial charge >= 0.3 is 0 Å². The first kappa shape index (κ1) is 21.6. The van der Waals surface area contributed by atoms with Crippen LogP contribution in [0.4, 0.5) is 10.3 Å². The largest absolute Gasteiger partial charge is 0.363 e. The fraction of sp³-hybridized carbons (Fsp3) is 0.533. The summed E-state index contributed by atoms with van der Waals surface area (Å²) in [5, 5.41) is 29.4. The van der Waals surface area contributed by atoms with E-state index >= 15 is 0 Å². The number of hydrogen-bond donors (Lipinski definition) is 4. The number of carbonyl (C=O) groups is 3. The highest BCUT2D eigenvalue weighted by atomic mass is 32.1. The van der Waals surface area contributed by atoms with Crippen LogP contribution in [-0.2, 0) is 27.2 Å². The predicted molar refractivity (Wildman–Crippen MR) is 106 cm³/mol. The standard InChI is InChI=1S/C15H22N8O3S2/c1-16-13(26)9(18-8-24)7-10(25)19-15-23-21-12(28-15)6-4-3-5-11-20-22-14(17-2)27-11/h8-9H,3-7H2,1-2H3,(H,16,26)(H,17,22)(H,18,24)(H,19,23,25). The molecule has 0 aliphatic carbocycles. The average molecular weight is 427 g/mol. The highest BCUT2D eigenvalue weighted by Crippen LogP contribution is 2.19. The van der Waals surface area contributed by atoms with E-state index in [1.54, 1.807) is 11.3 Å². The van der Waals surface area contributed by atoms with E-state index in [1.165, 1.54) is 18.4 Å². The summed E-state index contributed by atoms with van der Waals surface area (Å²) in [5.74, 6) is -0.875. The molecule has 0 saturated carbocycles. The highest BCUT2D eigenvalue weighted by molar-refractivity contribution is 7.15. The maximum Gasteiger partial charge on any atom is 0.242 e. The summed E-state index contributed by atoms with van der Waals surface area (Å²) in [7, 11) is 3.25. The van der Waals surface area contributed by atoms with Crippen LogP contribution in [-0.4, -0.2) is 58.8 Å². The van der Waals surface area contributed by atoms with Gasteiger partial charge in [-0.15, -0.1) is 20.4 Å². The summed E-state index contributed by atoms with van der Waals surface area (Å²) in [5.41, 5.74) is 0. The van der Waals surface area contributed by atoms with Gasteiger partial charge in [-0.05, 0) is 12.8 Å². The topological polar surface area (TPSA) is 151 Å². The number of aryl methyl sites for hydroxylation is 2. The van der Waals surface area contributed by atoms with Crippen molar-refractivity contribution in [1.82, 2.24) is 31.0 Å². The molecule has 28 heavy (non-hydrogen) atoms. The van der Waals surface area contributed by atoms with Crippen LogP contribution in [0.15, 0.2) is 0 Å². The third-order valence-electron chi connectivity index (χ3n) is 3.65. The van der Waals surface area contributed by atoms with Gasteiger partial charge in [-0.25, -0.2) is 0 Å². The number of amides is 3. The number of hydrogen-bond acceptors (Lipinski definition) is 10. The minimum Gasteiger partial charge on any atom is -0.363 e. The van der Waals surface area contributed by atoms with E-state index in [4.69, 9.17) is 0 Å².